The summed E-state index contributed by atoms with van der Waals surface area (Å²) in [5.74, 6) is 2.51. The van der Waals surface area contributed by atoms with Crippen molar-refractivity contribution in [3.63, 3.8) is 0 Å². The van der Waals surface area contributed by atoms with Crippen LogP contribution < -0.4 is 20.3 Å². The van der Waals surface area contributed by atoms with Gasteiger partial charge >= 0.3 is 0 Å². The topological polar surface area (TPSA) is 77.9 Å². The summed E-state index contributed by atoms with van der Waals surface area (Å²) >= 11 is 0. The highest BCUT2D eigenvalue weighted by atomic mass is 16.5. The second kappa shape index (κ2) is 11.2. The molecule has 1 fully saturated rings. The molecule has 2 heterocycles. The number of rotatable bonds is 8. The normalized spacial score (nSPS) is 15.2. The molecular weight excluding hydrogens is 366 g/mol. The number of benzene rings is 1. The first-order valence-corrected chi connectivity index (χ1v) is 10.1. The fourth-order valence-corrected chi connectivity index (χ4v) is 3.15. The van der Waals surface area contributed by atoms with Gasteiger partial charge in [0.1, 0.15) is 12.4 Å². The summed E-state index contributed by atoms with van der Waals surface area (Å²) in [6, 6.07) is 9.94. The van der Waals surface area contributed by atoms with Crippen LogP contribution in [0.4, 0.5) is 5.95 Å². The Bertz CT molecular complexity index is 743. The van der Waals surface area contributed by atoms with E-state index in [4.69, 9.17) is 4.74 Å². The molecule has 2 N–H and O–H groups in total. The van der Waals surface area contributed by atoms with E-state index in [0.29, 0.717) is 13.2 Å². The fraction of sp³-hybridized carbons (Fsp3) is 0.476. The van der Waals surface area contributed by atoms with E-state index in [1.54, 1.807) is 19.4 Å². The van der Waals surface area contributed by atoms with Gasteiger partial charge in [-0.05, 0) is 25.1 Å². The molecule has 0 amide bonds. The average Bonchev–Trinajstić information content (AvgIpc) is 2.77. The Kier molecular flexibility index (Phi) is 8.06. The second-order valence-electron chi connectivity index (χ2n) is 6.96. The molecule has 3 rings (SSSR count). The highest BCUT2D eigenvalue weighted by Crippen LogP contribution is 2.11. The zero-order chi connectivity index (χ0) is 20.3. The molecule has 2 aromatic rings. The number of aromatic nitrogens is 2. The van der Waals surface area contributed by atoms with E-state index in [2.05, 4.69) is 54.5 Å². The molecule has 8 heteroatoms. The van der Waals surface area contributed by atoms with Crippen molar-refractivity contribution in [2.45, 2.75) is 6.92 Å². The van der Waals surface area contributed by atoms with E-state index in [9.17, 15) is 0 Å². The molecule has 0 spiro atoms. The minimum atomic E-state index is 0.591. The minimum absolute atomic E-state index is 0.591. The van der Waals surface area contributed by atoms with Gasteiger partial charge in [-0.1, -0.05) is 17.7 Å². The molecule has 0 radical (unpaired) electrons. The molecule has 1 saturated heterocycles. The molecule has 1 aliphatic heterocycles. The Morgan fingerprint density at radius 3 is 2.41 bits per heavy atom. The lowest BCUT2D eigenvalue weighted by atomic mass is 10.2. The summed E-state index contributed by atoms with van der Waals surface area (Å²) in [7, 11) is 1.79. The van der Waals surface area contributed by atoms with Gasteiger partial charge in [0.05, 0.1) is 6.54 Å². The van der Waals surface area contributed by atoms with Crippen molar-refractivity contribution >= 4 is 11.9 Å². The number of hydrogen-bond donors (Lipinski definition) is 2. The van der Waals surface area contributed by atoms with Crippen LogP contribution in [0.1, 0.15) is 5.56 Å². The highest BCUT2D eigenvalue weighted by Gasteiger charge is 2.18. The predicted molar refractivity (Wildman–Crippen MR) is 117 cm³/mol. The summed E-state index contributed by atoms with van der Waals surface area (Å²) in [5, 5.41) is 6.66. The van der Waals surface area contributed by atoms with Crippen LogP contribution in [0.5, 0.6) is 5.75 Å². The molecule has 0 saturated carbocycles. The van der Waals surface area contributed by atoms with Gasteiger partial charge in [-0.25, -0.2) is 9.97 Å². The fourth-order valence-electron chi connectivity index (χ4n) is 3.15. The van der Waals surface area contributed by atoms with E-state index in [1.165, 1.54) is 5.56 Å². The molecule has 8 nitrogen and oxygen atoms in total. The van der Waals surface area contributed by atoms with E-state index in [-0.39, 0.29) is 0 Å². The number of anilines is 1. The number of piperazine rings is 1. The number of ether oxygens (including phenoxy) is 1. The smallest absolute Gasteiger partial charge is 0.225 e. The van der Waals surface area contributed by atoms with Crippen LogP contribution >= 0.6 is 0 Å². The van der Waals surface area contributed by atoms with Gasteiger partial charge in [0.25, 0.3) is 0 Å². The van der Waals surface area contributed by atoms with E-state index < -0.39 is 0 Å². The van der Waals surface area contributed by atoms with Crippen LogP contribution in [0.15, 0.2) is 47.7 Å². The number of aliphatic imine (C=N–C) groups is 1. The van der Waals surface area contributed by atoms with Gasteiger partial charge in [-0.2, -0.15) is 0 Å². The van der Waals surface area contributed by atoms with Gasteiger partial charge < -0.3 is 20.3 Å². The highest BCUT2D eigenvalue weighted by molar-refractivity contribution is 5.79. The number of guanidine groups is 1. The zero-order valence-corrected chi connectivity index (χ0v) is 17.3. The van der Waals surface area contributed by atoms with Gasteiger partial charge in [-0.15, -0.1) is 0 Å². The summed E-state index contributed by atoms with van der Waals surface area (Å²) in [5.41, 5.74) is 1.23. The Labute approximate surface area is 173 Å². The Morgan fingerprint density at radius 1 is 1.03 bits per heavy atom. The van der Waals surface area contributed by atoms with Crippen molar-refractivity contribution in [2.75, 3.05) is 64.4 Å². The predicted octanol–water partition coefficient (Wildman–Crippen LogP) is 1.15. The Hall–Kier alpha value is -2.87. The van der Waals surface area contributed by atoms with E-state index in [1.807, 2.05) is 18.2 Å². The molecule has 0 unspecified atom stereocenters. The quantitative estimate of drug-likeness (QED) is 0.393. The maximum Gasteiger partial charge on any atom is 0.225 e. The van der Waals surface area contributed by atoms with Crippen LogP contribution in [0, 0.1) is 6.92 Å². The van der Waals surface area contributed by atoms with Gasteiger partial charge in [0.2, 0.25) is 5.95 Å². The van der Waals surface area contributed by atoms with E-state index in [0.717, 1.165) is 56.9 Å². The summed E-state index contributed by atoms with van der Waals surface area (Å²) < 4.78 is 5.73. The molecule has 156 valence electrons. The standard InChI is InChI=1S/C21H31N7O/c1-18-4-6-19(7-5-18)29-17-11-24-20(22-2)23-10-12-27-13-15-28(16-14-27)21-25-8-3-9-26-21/h3-9H,10-17H2,1-2H3,(H2,22,23,24). The molecule has 1 aromatic heterocycles. The van der Waals surface area contributed by atoms with Crippen molar-refractivity contribution in [2.24, 2.45) is 4.99 Å². The third kappa shape index (κ3) is 6.90. The first-order chi connectivity index (χ1) is 14.2. The van der Waals surface area contributed by atoms with Crippen molar-refractivity contribution in [3.05, 3.63) is 48.3 Å². The van der Waals surface area contributed by atoms with Crippen molar-refractivity contribution in [1.29, 1.82) is 0 Å². The monoisotopic (exact) mass is 397 g/mol. The number of aryl methyl sites for hydroxylation is 1. The first-order valence-electron chi connectivity index (χ1n) is 10.1. The largest absolute Gasteiger partial charge is 0.492 e. The van der Waals surface area contributed by atoms with Crippen LogP contribution in [0.2, 0.25) is 0 Å². The molecule has 1 aromatic carbocycles. The SMILES string of the molecule is CN=C(NCCOc1ccc(C)cc1)NCCN1CCN(c2ncccn2)CC1. The molecule has 0 atom stereocenters. The summed E-state index contributed by atoms with van der Waals surface area (Å²) in [6.07, 6.45) is 3.59. The molecule has 29 heavy (non-hydrogen) atoms. The lowest BCUT2D eigenvalue weighted by Gasteiger charge is -2.34. The van der Waals surface area contributed by atoms with Crippen LogP contribution in [-0.2, 0) is 0 Å². The minimum Gasteiger partial charge on any atom is -0.492 e. The summed E-state index contributed by atoms with van der Waals surface area (Å²) in [6.45, 7) is 9.10. The average molecular weight is 398 g/mol. The Morgan fingerprint density at radius 2 is 1.72 bits per heavy atom. The van der Waals surface area contributed by atoms with Crippen LogP contribution in [-0.4, -0.2) is 80.3 Å². The number of nitrogens with zero attached hydrogens (tertiary/aromatic N) is 5. The van der Waals surface area contributed by atoms with Gasteiger partial charge in [0, 0.05) is 58.7 Å². The third-order valence-electron chi connectivity index (χ3n) is 4.84. The zero-order valence-electron chi connectivity index (χ0n) is 17.3. The van der Waals surface area contributed by atoms with Crippen molar-refractivity contribution < 1.29 is 4.74 Å². The number of nitrogens with one attached hydrogen (secondary N) is 2. The second-order valence-corrected chi connectivity index (χ2v) is 6.96. The van der Waals surface area contributed by atoms with Crippen LogP contribution in [0.3, 0.4) is 0 Å². The molecule has 1 aliphatic rings. The third-order valence-corrected chi connectivity index (χ3v) is 4.84. The number of hydrogen-bond acceptors (Lipinski definition) is 6. The summed E-state index contributed by atoms with van der Waals surface area (Å²) in [4.78, 5) is 17.6. The first kappa shape index (κ1) is 20.9. The van der Waals surface area contributed by atoms with Gasteiger partial charge in [0.15, 0.2) is 5.96 Å². The van der Waals surface area contributed by atoms with Crippen molar-refractivity contribution in [1.82, 2.24) is 25.5 Å². The van der Waals surface area contributed by atoms with Crippen LogP contribution in [0.25, 0.3) is 0 Å². The molecule has 0 aliphatic carbocycles. The lowest BCUT2D eigenvalue weighted by Crippen LogP contribution is -2.49. The molecule has 0 bridgehead atoms. The maximum atomic E-state index is 5.73. The maximum absolute atomic E-state index is 5.73. The lowest BCUT2D eigenvalue weighted by molar-refractivity contribution is 0.260. The van der Waals surface area contributed by atoms with Gasteiger partial charge in [-0.3, -0.25) is 9.89 Å². The molecular formula is C21H31N7O. The van der Waals surface area contributed by atoms with Crippen molar-refractivity contribution in [3.8, 4) is 5.75 Å². The Balaban J connectivity index is 1.28. The van der Waals surface area contributed by atoms with E-state index >= 15 is 0 Å².